The lowest BCUT2D eigenvalue weighted by Gasteiger charge is -2.31. The molecule has 0 bridgehead atoms. The molecule has 5 nitrogen and oxygen atoms in total. The molecule has 2 fully saturated rings. The molecule has 0 aromatic rings. The first kappa shape index (κ1) is 12.8. The quantitative estimate of drug-likeness (QED) is 0.671. The van der Waals surface area contributed by atoms with Crippen LogP contribution in [0.5, 0.6) is 0 Å². The van der Waals surface area contributed by atoms with Crippen molar-refractivity contribution in [1.29, 1.82) is 0 Å². The van der Waals surface area contributed by atoms with Crippen molar-refractivity contribution in [2.75, 3.05) is 52.9 Å². The molecule has 2 aliphatic heterocycles. The number of hydrogen-bond donors (Lipinski definition) is 2. The summed E-state index contributed by atoms with van der Waals surface area (Å²) in [5.74, 6) is 0.187. The van der Waals surface area contributed by atoms with Gasteiger partial charge < -0.3 is 15.5 Å². The Kier molecular flexibility index (Phi) is 4.76. The lowest BCUT2D eigenvalue weighted by atomic mass is 10.1. The minimum absolute atomic E-state index is 0.187. The van der Waals surface area contributed by atoms with Gasteiger partial charge in [0.25, 0.3) is 0 Å². The van der Waals surface area contributed by atoms with E-state index in [0.717, 1.165) is 45.7 Å². The normalized spacial score (nSPS) is 27.9. The molecule has 0 aromatic heterocycles. The maximum Gasteiger partial charge on any atom is 0.234 e. The Hall–Kier alpha value is -0.650. The molecule has 17 heavy (non-hydrogen) atoms. The van der Waals surface area contributed by atoms with Gasteiger partial charge in [-0.15, -0.1) is 0 Å². The highest BCUT2D eigenvalue weighted by molar-refractivity contribution is 5.78. The summed E-state index contributed by atoms with van der Waals surface area (Å²) >= 11 is 0. The summed E-state index contributed by atoms with van der Waals surface area (Å²) in [6.07, 6.45) is 2.31. The zero-order valence-corrected chi connectivity index (χ0v) is 10.7. The Morgan fingerprint density at radius 2 is 2.12 bits per heavy atom. The minimum atomic E-state index is 0.187. The molecule has 0 radical (unpaired) electrons. The standard InChI is InChI=1S/C12H24N4O/c1-15-6-2-3-11(9-15)14-12(17)10-16-7-4-13-5-8-16/h11,13H,2-10H2,1H3,(H,14,17). The highest BCUT2D eigenvalue weighted by Gasteiger charge is 2.20. The van der Waals surface area contributed by atoms with E-state index < -0.39 is 0 Å². The number of piperidine rings is 1. The molecule has 98 valence electrons. The third kappa shape index (κ3) is 4.26. The molecule has 0 aliphatic carbocycles. The molecule has 1 unspecified atom stereocenters. The van der Waals surface area contributed by atoms with Gasteiger partial charge in [-0.05, 0) is 26.4 Å². The van der Waals surface area contributed by atoms with Gasteiger partial charge in [-0.25, -0.2) is 0 Å². The van der Waals surface area contributed by atoms with Crippen LogP contribution in [-0.2, 0) is 4.79 Å². The Morgan fingerprint density at radius 1 is 1.35 bits per heavy atom. The average Bonchev–Trinajstić information content (AvgIpc) is 2.30. The van der Waals surface area contributed by atoms with Crippen molar-refractivity contribution >= 4 is 5.91 Å². The first-order valence-electron chi connectivity index (χ1n) is 6.65. The maximum atomic E-state index is 11.9. The zero-order chi connectivity index (χ0) is 12.1. The molecule has 0 spiro atoms. The number of nitrogens with zero attached hydrogens (tertiary/aromatic N) is 2. The number of carbonyl (C=O) groups excluding carboxylic acids is 1. The summed E-state index contributed by atoms with van der Waals surface area (Å²) in [7, 11) is 2.12. The number of amides is 1. The second-order valence-corrected chi connectivity index (χ2v) is 5.20. The number of likely N-dealkylation sites (tertiary alicyclic amines) is 1. The number of nitrogens with one attached hydrogen (secondary N) is 2. The van der Waals surface area contributed by atoms with E-state index in [1.54, 1.807) is 0 Å². The van der Waals surface area contributed by atoms with Crippen molar-refractivity contribution < 1.29 is 4.79 Å². The molecule has 0 aromatic carbocycles. The monoisotopic (exact) mass is 240 g/mol. The topological polar surface area (TPSA) is 47.6 Å². The fraction of sp³-hybridized carbons (Fsp3) is 0.917. The second kappa shape index (κ2) is 6.33. The fourth-order valence-corrected chi connectivity index (χ4v) is 2.63. The second-order valence-electron chi connectivity index (χ2n) is 5.20. The SMILES string of the molecule is CN1CCCC(NC(=O)CN2CCNCC2)C1. The lowest BCUT2D eigenvalue weighted by molar-refractivity contribution is -0.123. The van der Waals surface area contributed by atoms with Crippen molar-refractivity contribution in [1.82, 2.24) is 20.4 Å². The maximum absolute atomic E-state index is 11.9. The van der Waals surface area contributed by atoms with E-state index in [0.29, 0.717) is 12.6 Å². The van der Waals surface area contributed by atoms with E-state index in [1.807, 2.05) is 0 Å². The molecular formula is C12H24N4O. The van der Waals surface area contributed by atoms with Gasteiger partial charge in [0.2, 0.25) is 5.91 Å². The zero-order valence-electron chi connectivity index (χ0n) is 10.7. The third-order valence-electron chi connectivity index (χ3n) is 3.57. The van der Waals surface area contributed by atoms with E-state index in [4.69, 9.17) is 0 Å². The van der Waals surface area contributed by atoms with Crippen LogP contribution < -0.4 is 10.6 Å². The Balaban J connectivity index is 1.68. The number of likely N-dealkylation sites (N-methyl/N-ethyl adjacent to an activating group) is 1. The van der Waals surface area contributed by atoms with Gasteiger partial charge in [-0.1, -0.05) is 0 Å². The summed E-state index contributed by atoms with van der Waals surface area (Å²) in [5, 5.41) is 6.45. The highest BCUT2D eigenvalue weighted by Crippen LogP contribution is 2.07. The molecule has 5 heteroatoms. The van der Waals surface area contributed by atoms with E-state index in [-0.39, 0.29) is 5.91 Å². The van der Waals surface area contributed by atoms with Crippen molar-refractivity contribution in [2.45, 2.75) is 18.9 Å². The number of piperazine rings is 1. The lowest BCUT2D eigenvalue weighted by Crippen LogP contribution is -2.51. The first-order chi connectivity index (χ1) is 8.24. The number of rotatable bonds is 3. The van der Waals surface area contributed by atoms with Gasteiger partial charge in [-0.2, -0.15) is 0 Å². The van der Waals surface area contributed by atoms with Gasteiger partial charge in [0.1, 0.15) is 0 Å². The van der Waals surface area contributed by atoms with Gasteiger partial charge in [-0.3, -0.25) is 9.69 Å². The summed E-state index contributed by atoms with van der Waals surface area (Å²) in [5.41, 5.74) is 0. The van der Waals surface area contributed by atoms with Crippen LogP contribution in [0.4, 0.5) is 0 Å². The van der Waals surface area contributed by atoms with Crippen LogP contribution in [-0.4, -0.2) is 74.6 Å². The van der Waals surface area contributed by atoms with Crippen LogP contribution in [0.25, 0.3) is 0 Å². The van der Waals surface area contributed by atoms with Crippen LogP contribution >= 0.6 is 0 Å². The Morgan fingerprint density at radius 3 is 2.82 bits per heavy atom. The molecule has 1 atom stereocenters. The Labute approximate surface area is 104 Å². The van der Waals surface area contributed by atoms with E-state index in [1.165, 1.54) is 6.42 Å². The summed E-state index contributed by atoms with van der Waals surface area (Å²) in [6, 6.07) is 0.351. The van der Waals surface area contributed by atoms with Crippen LogP contribution in [0, 0.1) is 0 Å². The number of carbonyl (C=O) groups is 1. The smallest absolute Gasteiger partial charge is 0.234 e. The molecule has 2 N–H and O–H groups in total. The van der Waals surface area contributed by atoms with Crippen LogP contribution in [0.15, 0.2) is 0 Å². The highest BCUT2D eigenvalue weighted by atomic mass is 16.2. The molecule has 2 heterocycles. The Bertz CT molecular complexity index is 253. The van der Waals surface area contributed by atoms with E-state index in [9.17, 15) is 4.79 Å². The van der Waals surface area contributed by atoms with Crippen molar-refractivity contribution in [3.8, 4) is 0 Å². The van der Waals surface area contributed by atoms with Gasteiger partial charge in [0, 0.05) is 38.8 Å². The van der Waals surface area contributed by atoms with Crippen molar-refractivity contribution in [2.24, 2.45) is 0 Å². The van der Waals surface area contributed by atoms with Crippen LogP contribution in [0.2, 0.25) is 0 Å². The van der Waals surface area contributed by atoms with Crippen LogP contribution in [0.1, 0.15) is 12.8 Å². The van der Waals surface area contributed by atoms with E-state index >= 15 is 0 Å². The first-order valence-corrected chi connectivity index (χ1v) is 6.65. The summed E-state index contributed by atoms with van der Waals surface area (Å²) in [4.78, 5) is 16.4. The molecule has 0 saturated carbocycles. The largest absolute Gasteiger partial charge is 0.351 e. The predicted molar refractivity (Wildman–Crippen MR) is 68.0 cm³/mol. The third-order valence-corrected chi connectivity index (χ3v) is 3.57. The van der Waals surface area contributed by atoms with Gasteiger partial charge >= 0.3 is 0 Å². The minimum Gasteiger partial charge on any atom is -0.351 e. The summed E-state index contributed by atoms with van der Waals surface area (Å²) in [6.45, 7) is 6.67. The average molecular weight is 240 g/mol. The van der Waals surface area contributed by atoms with Gasteiger partial charge in [0.05, 0.1) is 6.54 Å². The molecule has 1 amide bonds. The molecule has 2 aliphatic rings. The van der Waals surface area contributed by atoms with Gasteiger partial charge in [0.15, 0.2) is 0 Å². The molecular weight excluding hydrogens is 216 g/mol. The van der Waals surface area contributed by atoms with Crippen molar-refractivity contribution in [3.63, 3.8) is 0 Å². The molecule has 2 rings (SSSR count). The molecule has 2 saturated heterocycles. The number of hydrogen-bond acceptors (Lipinski definition) is 4. The van der Waals surface area contributed by atoms with Crippen molar-refractivity contribution in [3.05, 3.63) is 0 Å². The fourth-order valence-electron chi connectivity index (χ4n) is 2.63. The summed E-state index contributed by atoms with van der Waals surface area (Å²) < 4.78 is 0. The van der Waals surface area contributed by atoms with E-state index in [2.05, 4.69) is 27.5 Å². The van der Waals surface area contributed by atoms with Crippen LogP contribution in [0.3, 0.4) is 0 Å². The predicted octanol–water partition coefficient (Wildman–Crippen LogP) is -0.898.